The molecule has 0 spiro atoms. The second-order valence-electron chi connectivity index (χ2n) is 7.86. The molecule has 1 N–H and O–H groups in total. The van der Waals surface area contributed by atoms with E-state index in [0.29, 0.717) is 17.0 Å². The normalized spacial score (nSPS) is 26.5. The second kappa shape index (κ2) is 5.30. The molecular weight excluding hydrogens is 335 g/mol. The lowest BCUT2D eigenvalue weighted by Gasteiger charge is -2.48. The van der Waals surface area contributed by atoms with Crippen LogP contribution < -0.4 is 5.32 Å². The van der Waals surface area contributed by atoms with Crippen LogP contribution in [0.1, 0.15) is 43.2 Å². The van der Waals surface area contributed by atoms with Crippen LogP contribution in [-0.2, 0) is 10.2 Å². The molecular formula is C20H21FN2OS. The quantitative estimate of drug-likeness (QED) is 0.783. The molecule has 0 bridgehead atoms. The molecule has 4 rings (SSSR count). The van der Waals surface area contributed by atoms with E-state index in [1.54, 1.807) is 6.07 Å². The molecule has 1 fully saturated rings. The van der Waals surface area contributed by atoms with Gasteiger partial charge in [-0.15, -0.1) is 11.3 Å². The molecule has 0 saturated carbocycles. The van der Waals surface area contributed by atoms with E-state index in [2.05, 4.69) is 32.2 Å². The van der Waals surface area contributed by atoms with E-state index in [1.807, 2.05) is 18.4 Å². The van der Waals surface area contributed by atoms with Gasteiger partial charge in [-0.25, -0.2) is 4.39 Å². The van der Waals surface area contributed by atoms with Gasteiger partial charge in [0.05, 0.1) is 11.6 Å². The van der Waals surface area contributed by atoms with Crippen LogP contribution >= 0.6 is 11.3 Å². The molecule has 2 aromatic rings. The lowest BCUT2D eigenvalue weighted by Crippen LogP contribution is -2.56. The maximum atomic E-state index is 14.9. The molecule has 1 saturated heterocycles. The summed E-state index contributed by atoms with van der Waals surface area (Å²) in [4.78, 5) is 0.639. The number of halogens is 1. The first-order valence-corrected chi connectivity index (χ1v) is 9.38. The lowest BCUT2D eigenvalue weighted by molar-refractivity contribution is 0.0352. The monoisotopic (exact) mass is 356 g/mol. The highest BCUT2D eigenvalue weighted by molar-refractivity contribution is 7.11. The van der Waals surface area contributed by atoms with Crippen LogP contribution in [-0.4, -0.2) is 18.2 Å². The first-order valence-electron chi connectivity index (χ1n) is 8.50. The Hall–Kier alpha value is -1.90. The van der Waals surface area contributed by atoms with E-state index in [4.69, 9.17) is 4.74 Å². The molecule has 2 atom stereocenters. The summed E-state index contributed by atoms with van der Waals surface area (Å²) in [6.45, 7) is 9.04. The Morgan fingerprint density at radius 1 is 1.32 bits per heavy atom. The minimum Gasteiger partial charge on any atom is -0.377 e. The van der Waals surface area contributed by atoms with Crippen LogP contribution in [0.25, 0.3) is 11.1 Å². The van der Waals surface area contributed by atoms with Crippen LogP contribution in [0.3, 0.4) is 0 Å². The summed E-state index contributed by atoms with van der Waals surface area (Å²) in [6, 6.07) is 5.76. The topological polar surface area (TPSA) is 45.0 Å². The zero-order valence-corrected chi connectivity index (χ0v) is 15.7. The summed E-state index contributed by atoms with van der Waals surface area (Å²) < 4.78 is 21.0. The van der Waals surface area contributed by atoms with E-state index in [9.17, 15) is 9.65 Å². The van der Waals surface area contributed by atoms with Crippen molar-refractivity contribution in [2.75, 3.05) is 11.9 Å². The summed E-state index contributed by atoms with van der Waals surface area (Å²) >= 11 is 1.37. The fourth-order valence-electron chi connectivity index (χ4n) is 4.55. The van der Waals surface area contributed by atoms with Crippen LogP contribution in [0, 0.1) is 24.1 Å². The Kier molecular flexibility index (Phi) is 3.51. The Labute approximate surface area is 151 Å². The van der Waals surface area contributed by atoms with Gasteiger partial charge >= 0.3 is 0 Å². The van der Waals surface area contributed by atoms with Crippen molar-refractivity contribution in [3.63, 3.8) is 0 Å². The summed E-state index contributed by atoms with van der Waals surface area (Å²) in [6.07, 6.45) is 0.969. The number of nitrogens with one attached hydrogen (secondary N) is 1. The molecule has 0 radical (unpaired) electrons. The molecule has 3 nitrogen and oxygen atoms in total. The predicted molar refractivity (Wildman–Crippen MR) is 98.6 cm³/mol. The average molecular weight is 356 g/mol. The molecule has 130 valence electrons. The molecule has 2 aliphatic rings. The van der Waals surface area contributed by atoms with Crippen molar-refractivity contribution in [2.24, 2.45) is 0 Å². The minimum absolute atomic E-state index is 0.0454. The highest BCUT2D eigenvalue weighted by Gasteiger charge is 2.53. The highest BCUT2D eigenvalue weighted by Crippen LogP contribution is 2.51. The number of hydrogen-bond donors (Lipinski definition) is 1. The summed E-state index contributed by atoms with van der Waals surface area (Å²) in [5.74, 6) is -0.256. The molecule has 25 heavy (non-hydrogen) atoms. The second-order valence-corrected chi connectivity index (χ2v) is 8.74. The summed E-state index contributed by atoms with van der Waals surface area (Å²) in [5, 5.41) is 14.5. The number of benzene rings is 1. The Bertz CT molecular complexity index is 911. The van der Waals surface area contributed by atoms with Crippen LogP contribution in [0.5, 0.6) is 0 Å². The fourth-order valence-corrected chi connectivity index (χ4v) is 5.42. The van der Waals surface area contributed by atoms with Gasteiger partial charge in [0.1, 0.15) is 16.8 Å². The molecule has 5 heteroatoms. The SMILES string of the molecule is Cc1c(-c2cc3c(cc2F)NC(C)(C)C2OCCC32C)csc1C#N. The Balaban J connectivity index is 1.93. The maximum Gasteiger partial charge on any atom is 0.133 e. The third kappa shape index (κ3) is 2.24. The smallest absolute Gasteiger partial charge is 0.133 e. The molecule has 2 aliphatic heterocycles. The van der Waals surface area contributed by atoms with E-state index >= 15 is 0 Å². The fraction of sp³-hybridized carbons (Fsp3) is 0.450. The van der Waals surface area contributed by atoms with E-state index in [1.165, 1.54) is 11.3 Å². The molecule has 2 unspecified atom stereocenters. The number of ether oxygens (including phenoxy) is 1. The van der Waals surface area contributed by atoms with Gasteiger partial charge in [0.25, 0.3) is 0 Å². The first-order chi connectivity index (χ1) is 11.8. The molecule has 3 heterocycles. The Morgan fingerprint density at radius 3 is 2.76 bits per heavy atom. The molecule has 0 amide bonds. The van der Waals surface area contributed by atoms with Gasteiger partial charge in [-0.3, -0.25) is 0 Å². The van der Waals surface area contributed by atoms with Crippen molar-refractivity contribution in [1.82, 2.24) is 0 Å². The van der Waals surface area contributed by atoms with Gasteiger partial charge < -0.3 is 10.1 Å². The van der Waals surface area contributed by atoms with Crippen molar-refractivity contribution in [3.8, 4) is 17.2 Å². The maximum absolute atomic E-state index is 14.9. The van der Waals surface area contributed by atoms with Crippen LogP contribution in [0.2, 0.25) is 0 Å². The van der Waals surface area contributed by atoms with Gasteiger partial charge in [-0.2, -0.15) is 5.26 Å². The summed E-state index contributed by atoms with van der Waals surface area (Å²) in [7, 11) is 0. The third-order valence-electron chi connectivity index (χ3n) is 5.75. The van der Waals surface area contributed by atoms with Crippen molar-refractivity contribution in [2.45, 2.75) is 51.2 Å². The highest BCUT2D eigenvalue weighted by atomic mass is 32.1. The average Bonchev–Trinajstić information content (AvgIpc) is 3.11. The number of rotatable bonds is 1. The number of thiophene rings is 1. The van der Waals surface area contributed by atoms with E-state index < -0.39 is 0 Å². The number of nitriles is 1. The van der Waals surface area contributed by atoms with Crippen molar-refractivity contribution in [3.05, 3.63) is 39.3 Å². The summed E-state index contributed by atoms with van der Waals surface area (Å²) in [5.41, 5.74) is 3.79. The third-order valence-corrected chi connectivity index (χ3v) is 6.74. The van der Waals surface area contributed by atoms with Gasteiger partial charge in [0.2, 0.25) is 0 Å². The molecule has 1 aromatic carbocycles. The number of fused-ring (bicyclic) bond motifs is 3. The van der Waals surface area contributed by atoms with Crippen molar-refractivity contribution in [1.29, 1.82) is 5.26 Å². The van der Waals surface area contributed by atoms with E-state index in [0.717, 1.165) is 28.8 Å². The van der Waals surface area contributed by atoms with Crippen molar-refractivity contribution >= 4 is 17.0 Å². The molecule has 1 aromatic heterocycles. The largest absolute Gasteiger partial charge is 0.377 e. The first kappa shape index (κ1) is 16.6. The van der Waals surface area contributed by atoms with Crippen LogP contribution in [0.15, 0.2) is 17.5 Å². The van der Waals surface area contributed by atoms with Crippen molar-refractivity contribution < 1.29 is 9.13 Å². The van der Waals surface area contributed by atoms with Gasteiger partial charge in [0.15, 0.2) is 0 Å². The predicted octanol–water partition coefficient (Wildman–Crippen LogP) is 4.99. The van der Waals surface area contributed by atoms with E-state index in [-0.39, 0.29) is 22.9 Å². The standard InChI is InChI=1S/C20H21FN2OS/c1-11-13(10-25-17(11)9-22)12-7-14-16(8-15(12)21)23-19(2,3)18-20(14,4)5-6-24-18/h7-8,10,18,23H,5-6H2,1-4H3. The molecule has 0 aliphatic carbocycles. The zero-order valence-electron chi connectivity index (χ0n) is 14.9. The number of nitrogens with zero attached hydrogens (tertiary/aromatic N) is 1. The lowest BCUT2D eigenvalue weighted by atomic mass is 9.66. The number of anilines is 1. The minimum atomic E-state index is -0.256. The Morgan fingerprint density at radius 2 is 2.08 bits per heavy atom. The van der Waals surface area contributed by atoms with Gasteiger partial charge in [-0.1, -0.05) is 6.92 Å². The van der Waals surface area contributed by atoms with Gasteiger partial charge in [-0.05, 0) is 56.0 Å². The van der Waals surface area contributed by atoms with Gasteiger partial charge in [0, 0.05) is 28.7 Å². The zero-order chi connectivity index (χ0) is 18.0. The van der Waals surface area contributed by atoms with Crippen LogP contribution in [0.4, 0.5) is 10.1 Å². The number of hydrogen-bond acceptors (Lipinski definition) is 4.